The highest BCUT2D eigenvalue weighted by Gasteiger charge is 2.10. The van der Waals surface area contributed by atoms with Crippen LogP contribution in [0.4, 0.5) is 5.13 Å². The molecule has 0 aliphatic rings. The molecule has 1 N–H and O–H groups in total. The van der Waals surface area contributed by atoms with E-state index in [1.807, 2.05) is 36.4 Å². The second-order valence-electron chi connectivity index (χ2n) is 5.91. The van der Waals surface area contributed by atoms with Crippen LogP contribution in [0.1, 0.15) is 11.4 Å². The minimum absolute atomic E-state index is 0.0290. The maximum absolute atomic E-state index is 12.5. The highest BCUT2D eigenvalue weighted by Crippen LogP contribution is 2.28. The van der Waals surface area contributed by atoms with Gasteiger partial charge in [0.2, 0.25) is 5.13 Å². The van der Waals surface area contributed by atoms with Crippen molar-refractivity contribution in [2.75, 3.05) is 5.32 Å². The Morgan fingerprint density at radius 2 is 1.85 bits per heavy atom. The third kappa shape index (κ3) is 4.01. The van der Waals surface area contributed by atoms with Gasteiger partial charge in [-0.15, -0.1) is 10.2 Å². The van der Waals surface area contributed by atoms with E-state index in [0.717, 1.165) is 20.8 Å². The molecule has 0 saturated carbocycles. The number of hydrogen-bond donors (Lipinski definition) is 1. The molecule has 0 aliphatic heterocycles. The maximum atomic E-state index is 12.5. The Morgan fingerprint density at radius 1 is 1.07 bits per heavy atom. The van der Waals surface area contributed by atoms with Crippen LogP contribution in [0.5, 0.6) is 0 Å². The summed E-state index contributed by atoms with van der Waals surface area (Å²) in [6.07, 6.45) is 0. The molecule has 0 saturated heterocycles. The van der Waals surface area contributed by atoms with Crippen molar-refractivity contribution in [1.82, 2.24) is 19.7 Å². The molecule has 0 unspecified atom stereocenters. The quantitative estimate of drug-likeness (QED) is 0.502. The van der Waals surface area contributed by atoms with Crippen LogP contribution in [0.25, 0.3) is 10.9 Å². The molecule has 0 aliphatic carbocycles. The molecule has 0 atom stereocenters. The van der Waals surface area contributed by atoms with Crippen molar-refractivity contribution in [2.24, 2.45) is 7.05 Å². The number of hydrogen-bond acceptors (Lipinski definition) is 7. The lowest BCUT2D eigenvalue weighted by Crippen LogP contribution is -2.21. The molecule has 136 valence electrons. The van der Waals surface area contributed by atoms with E-state index in [2.05, 4.69) is 32.6 Å². The molecule has 0 spiro atoms. The number of fused-ring (bicyclic) bond motifs is 1. The lowest BCUT2D eigenvalue weighted by atomic mass is 10.2. The smallest absolute Gasteiger partial charge is 0.261 e. The first-order valence-electron chi connectivity index (χ1n) is 8.39. The molecular formula is C19H17N5OS2. The van der Waals surface area contributed by atoms with Crippen LogP contribution < -0.4 is 10.9 Å². The van der Waals surface area contributed by atoms with Crippen molar-refractivity contribution < 1.29 is 0 Å². The average Bonchev–Trinajstić information content (AvgIpc) is 3.17. The highest BCUT2D eigenvalue weighted by molar-refractivity contribution is 8.00. The first kappa shape index (κ1) is 17.7. The Kier molecular flexibility index (Phi) is 5.17. The number of benzene rings is 2. The molecule has 2 aromatic carbocycles. The molecule has 4 aromatic rings. The number of aromatic nitrogens is 4. The summed E-state index contributed by atoms with van der Waals surface area (Å²) in [5.41, 5.74) is 1.88. The average molecular weight is 396 g/mol. The van der Waals surface area contributed by atoms with Gasteiger partial charge in [-0.05, 0) is 17.7 Å². The van der Waals surface area contributed by atoms with Crippen molar-refractivity contribution >= 4 is 39.1 Å². The predicted octanol–water partition coefficient (Wildman–Crippen LogP) is 3.69. The second kappa shape index (κ2) is 7.89. The molecule has 8 heteroatoms. The first-order valence-corrected chi connectivity index (χ1v) is 10.2. The third-order valence-corrected chi connectivity index (χ3v) is 6.10. The molecule has 0 fully saturated rings. The number of thioether (sulfide) groups is 1. The van der Waals surface area contributed by atoms with Crippen molar-refractivity contribution in [2.45, 2.75) is 16.6 Å². The maximum Gasteiger partial charge on any atom is 0.261 e. The fraction of sp³-hybridized carbons (Fsp3) is 0.158. The van der Waals surface area contributed by atoms with E-state index in [1.165, 1.54) is 28.7 Å². The molecular weight excluding hydrogens is 378 g/mol. The number of nitrogens with one attached hydrogen (secondary N) is 1. The van der Waals surface area contributed by atoms with E-state index in [4.69, 9.17) is 0 Å². The zero-order valence-electron chi connectivity index (χ0n) is 14.6. The lowest BCUT2D eigenvalue weighted by molar-refractivity contribution is 0.785. The fourth-order valence-electron chi connectivity index (χ4n) is 2.63. The summed E-state index contributed by atoms with van der Waals surface area (Å²) in [5, 5.41) is 13.1. The molecule has 27 heavy (non-hydrogen) atoms. The standard InChI is InChI=1S/C19H17N5OS2/c1-24-16(21-15-10-6-5-9-14(15)17(24)25)12-26-19-23-22-18(27-19)20-11-13-7-3-2-4-8-13/h2-10H,11-12H2,1H3,(H,20,22). The number of nitrogens with zero attached hydrogens (tertiary/aromatic N) is 4. The summed E-state index contributed by atoms with van der Waals surface area (Å²) in [7, 11) is 1.75. The summed E-state index contributed by atoms with van der Waals surface area (Å²) in [4.78, 5) is 17.1. The third-order valence-electron chi connectivity index (χ3n) is 4.09. The van der Waals surface area contributed by atoms with E-state index in [0.29, 0.717) is 17.7 Å². The van der Waals surface area contributed by atoms with Crippen molar-refractivity contribution in [3.05, 3.63) is 76.3 Å². The zero-order chi connectivity index (χ0) is 18.6. The van der Waals surface area contributed by atoms with Gasteiger partial charge < -0.3 is 5.32 Å². The molecule has 4 rings (SSSR count). The van der Waals surface area contributed by atoms with E-state index in [9.17, 15) is 4.79 Å². The molecule has 2 aromatic heterocycles. The summed E-state index contributed by atoms with van der Waals surface area (Å²) in [6.45, 7) is 0.709. The monoisotopic (exact) mass is 395 g/mol. The van der Waals surface area contributed by atoms with E-state index in [-0.39, 0.29) is 5.56 Å². The highest BCUT2D eigenvalue weighted by atomic mass is 32.2. The number of anilines is 1. The van der Waals surface area contributed by atoms with Crippen LogP contribution in [-0.4, -0.2) is 19.7 Å². The SMILES string of the molecule is Cn1c(CSc2nnc(NCc3ccccc3)s2)nc2ccccc2c1=O. The van der Waals surface area contributed by atoms with Crippen LogP contribution in [0.3, 0.4) is 0 Å². The predicted molar refractivity (Wildman–Crippen MR) is 110 cm³/mol. The fourth-order valence-corrected chi connectivity index (χ4v) is 4.36. The first-order chi connectivity index (χ1) is 13.2. The Morgan fingerprint density at radius 3 is 2.70 bits per heavy atom. The Hall–Kier alpha value is -2.71. The second-order valence-corrected chi connectivity index (χ2v) is 8.11. The van der Waals surface area contributed by atoms with Gasteiger partial charge in [0.1, 0.15) is 5.82 Å². The van der Waals surface area contributed by atoms with E-state index in [1.54, 1.807) is 17.7 Å². The van der Waals surface area contributed by atoms with Crippen molar-refractivity contribution in [3.63, 3.8) is 0 Å². The minimum Gasteiger partial charge on any atom is -0.356 e. The summed E-state index contributed by atoms with van der Waals surface area (Å²) in [6, 6.07) is 17.6. The van der Waals surface area contributed by atoms with Gasteiger partial charge in [-0.2, -0.15) is 0 Å². The van der Waals surface area contributed by atoms with Gasteiger partial charge in [0, 0.05) is 13.6 Å². The van der Waals surface area contributed by atoms with Gasteiger partial charge in [0.05, 0.1) is 16.7 Å². The summed E-state index contributed by atoms with van der Waals surface area (Å²) < 4.78 is 2.44. The molecule has 0 amide bonds. The Labute approximate surface area is 164 Å². The normalized spacial score (nSPS) is 11.0. The zero-order valence-corrected chi connectivity index (χ0v) is 16.3. The van der Waals surface area contributed by atoms with Gasteiger partial charge >= 0.3 is 0 Å². The van der Waals surface area contributed by atoms with Crippen LogP contribution in [0.2, 0.25) is 0 Å². The van der Waals surface area contributed by atoms with Crippen LogP contribution in [0, 0.1) is 0 Å². The summed E-state index contributed by atoms with van der Waals surface area (Å²) >= 11 is 3.03. The number of rotatable bonds is 6. The van der Waals surface area contributed by atoms with E-state index >= 15 is 0 Å². The van der Waals surface area contributed by atoms with E-state index < -0.39 is 0 Å². The summed E-state index contributed by atoms with van der Waals surface area (Å²) in [5.74, 6) is 1.28. The molecule has 2 heterocycles. The van der Waals surface area contributed by atoms with Gasteiger partial charge in [-0.3, -0.25) is 9.36 Å². The van der Waals surface area contributed by atoms with Gasteiger partial charge in [0.15, 0.2) is 4.34 Å². The lowest BCUT2D eigenvalue weighted by Gasteiger charge is -2.07. The topological polar surface area (TPSA) is 72.7 Å². The Bertz CT molecular complexity index is 1120. The van der Waals surface area contributed by atoms with Gasteiger partial charge in [0.25, 0.3) is 5.56 Å². The molecule has 6 nitrogen and oxygen atoms in total. The molecule has 0 bridgehead atoms. The van der Waals surface area contributed by atoms with Gasteiger partial charge in [-0.25, -0.2) is 4.98 Å². The Balaban J connectivity index is 1.44. The number of para-hydroxylation sites is 1. The van der Waals surface area contributed by atoms with Crippen molar-refractivity contribution in [1.29, 1.82) is 0 Å². The molecule has 0 radical (unpaired) electrons. The largest absolute Gasteiger partial charge is 0.356 e. The van der Waals surface area contributed by atoms with Gasteiger partial charge in [-0.1, -0.05) is 65.6 Å². The van der Waals surface area contributed by atoms with Crippen LogP contribution in [0.15, 0.2) is 63.7 Å². The van der Waals surface area contributed by atoms with Crippen LogP contribution >= 0.6 is 23.1 Å². The van der Waals surface area contributed by atoms with Crippen molar-refractivity contribution in [3.8, 4) is 0 Å². The minimum atomic E-state index is -0.0290. The van der Waals surface area contributed by atoms with Crippen LogP contribution in [-0.2, 0) is 19.3 Å².